The van der Waals surface area contributed by atoms with E-state index in [1.165, 1.54) is 22.3 Å². The van der Waals surface area contributed by atoms with Gasteiger partial charge in [-0.05, 0) is 25.0 Å². The molecule has 0 saturated carbocycles. The summed E-state index contributed by atoms with van der Waals surface area (Å²) in [6.45, 7) is 6.24. The fourth-order valence-electron chi connectivity index (χ4n) is 3.75. The largest absolute Gasteiger partial charge is 0.357 e. The van der Waals surface area contributed by atoms with Gasteiger partial charge >= 0.3 is 0 Å². The molecule has 24 heavy (non-hydrogen) atoms. The third-order valence-corrected chi connectivity index (χ3v) is 4.87. The smallest absolute Gasteiger partial charge is 0.136 e. The van der Waals surface area contributed by atoms with Crippen LogP contribution in [-0.2, 0) is 0 Å². The summed E-state index contributed by atoms with van der Waals surface area (Å²) < 4.78 is 0. The van der Waals surface area contributed by atoms with E-state index < -0.39 is 0 Å². The van der Waals surface area contributed by atoms with Gasteiger partial charge in [0, 0.05) is 30.1 Å². The third-order valence-electron chi connectivity index (χ3n) is 4.87. The first kappa shape index (κ1) is 14.9. The number of nitrogens with zero attached hydrogens (tertiary/aromatic N) is 3. The molecule has 1 aliphatic carbocycles. The summed E-state index contributed by atoms with van der Waals surface area (Å²) in [5, 5.41) is 0. The van der Waals surface area contributed by atoms with Crippen LogP contribution in [0, 0.1) is 0 Å². The van der Waals surface area contributed by atoms with Gasteiger partial charge in [0.05, 0.1) is 5.69 Å². The Bertz CT molecular complexity index is 854. The lowest BCUT2D eigenvalue weighted by atomic mass is 9.89. The van der Waals surface area contributed by atoms with Crippen molar-refractivity contribution in [3.05, 3.63) is 77.6 Å². The zero-order valence-corrected chi connectivity index (χ0v) is 14.1. The highest BCUT2D eigenvalue weighted by Gasteiger charge is 2.34. The van der Waals surface area contributed by atoms with Gasteiger partial charge in [0.25, 0.3) is 0 Å². The number of hydrogen-bond donors (Lipinski definition) is 0. The lowest BCUT2D eigenvalue weighted by molar-refractivity contribution is 0.823. The Kier molecular flexibility index (Phi) is 3.77. The molecule has 1 aliphatic rings. The van der Waals surface area contributed by atoms with Crippen molar-refractivity contribution in [3.8, 4) is 11.3 Å². The molecule has 1 unspecified atom stereocenters. The second-order valence-electron chi connectivity index (χ2n) is 6.06. The Morgan fingerprint density at radius 2 is 1.58 bits per heavy atom. The molecule has 0 spiro atoms. The van der Waals surface area contributed by atoms with Crippen molar-refractivity contribution in [2.24, 2.45) is 0 Å². The van der Waals surface area contributed by atoms with Crippen molar-refractivity contribution in [2.75, 3.05) is 18.0 Å². The van der Waals surface area contributed by atoms with Crippen LogP contribution in [0.15, 0.2) is 60.9 Å². The molecule has 0 saturated heterocycles. The van der Waals surface area contributed by atoms with Gasteiger partial charge in [-0.1, -0.05) is 54.6 Å². The van der Waals surface area contributed by atoms with E-state index in [4.69, 9.17) is 0 Å². The Balaban J connectivity index is 2.00. The second-order valence-corrected chi connectivity index (χ2v) is 6.06. The molecule has 0 amide bonds. The molecule has 0 radical (unpaired) electrons. The van der Waals surface area contributed by atoms with Gasteiger partial charge in [-0.2, -0.15) is 0 Å². The highest BCUT2D eigenvalue weighted by atomic mass is 15.2. The van der Waals surface area contributed by atoms with Gasteiger partial charge in [-0.25, -0.2) is 9.97 Å². The van der Waals surface area contributed by atoms with Gasteiger partial charge in [0.1, 0.15) is 12.1 Å². The summed E-state index contributed by atoms with van der Waals surface area (Å²) in [7, 11) is 0. The first-order chi connectivity index (χ1) is 11.8. The van der Waals surface area contributed by atoms with Crippen LogP contribution < -0.4 is 4.90 Å². The minimum absolute atomic E-state index is 0.203. The molecule has 0 bridgehead atoms. The van der Waals surface area contributed by atoms with Crippen LogP contribution in [0.3, 0.4) is 0 Å². The SMILES string of the molecule is CCN(CC)c1ncnc2c1C(c1ccccc1)c1ccccc1-2. The van der Waals surface area contributed by atoms with Gasteiger partial charge in [-0.15, -0.1) is 0 Å². The standard InChI is InChI=1S/C21H21N3/c1-3-24(4-2)21-19-18(15-10-6-5-7-11-15)16-12-8-9-13-17(16)20(19)22-14-23-21/h5-14,18H,3-4H2,1-2H3. The normalized spacial score (nSPS) is 15.0. The number of rotatable bonds is 4. The molecule has 2 aromatic carbocycles. The van der Waals surface area contributed by atoms with Crippen LogP contribution in [0.25, 0.3) is 11.3 Å². The van der Waals surface area contributed by atoms with Gasteiger partial charge in [-0.3, -0.25) is 0 Å². The Hall–Kier alpha value is -2.68. The van der Waals surface area contributed by atoms with E-state index in [0.29, 0.717) is 0 Å². The van der Waals surface area contributed by atoms with Crippen molar-refractivity contribution >= 4 is 5.82 Å². The minimum atomic E-state index is 0.203. The van der Waals surface area contributed by atoms with E-state index in [1.807, 2.05) is 0 Å². The summed E-state index contributed by atoms with van der Waals surface area (Å²) in [4.78, 5) is 11.6. The topological polar surface area (TPSA) is 29.0 Å². The maximum atomic E-state index is 4.67. The number of benzene rings is 2. The maximum absolute atomic E-state index is 4.67. The van der Waals surface area contributed by atoms with Crippen LogP contribution in [0.5, 0.6) is 0 Å². The van der Waals surface area contributed by atoms with E-state index in [9.17, 15) is 0 Å². The molecule has 3 heteroatoms. The zero-order valence-electron chi connectivity index (χ0n) is 14.1. The number of fused-ring (bicyclic) bond motifs is 3. The van der Waals surface area contributed by atoms with Crippen LogP contribution in [-0.4, -0.2) is 23.1 Å². The van der Waals surface area contributed by atoms with Crippen LogP contribution in [0.4, 0.5) is 5.82 Å². The molecule has 120 valence electrons. The van der Waals surface area contributed by atoms with Crippen molar-refractivity contribution < 1.29 is 0 Å². The van der Waals surface area contributed by atoms with E-state index in [0.717, 1.165) is 24.6 Å². The average Bonchev–Trinajstić information content (AvgIpc) is 2.99. The second kappa shape index (κ2) is 6.08. The average molecular weight is 315 g/mol. The molecular weight excluding hydrogens is 294 g/mol. The van der Waals surface area contributed by atoms with Gasteiger partial charge < -0.3 is 4.90 Å². The summed E-state index contributed by atoms with van der Waals surface area (Å²) in [6.07, 6.45) is 1.70. The van der Waals surface area contributed by atoms with E-state index in [1.54, 1.807) is 6.33 Å². The van der Waals surface area contributed by atoms with E-state index in [-0.39, 0.29) is 5.92 Å². The lowest BCUT2D eigenvalue weighted by Gasteiger charge is -2.25. The van der Waals surface area contributed by atoms with Crippen LogP contribution >= 0.6 is 0 Å². The first-order valence-electron chi connectivity index (χ1n) is 8.59. The molecule has 1 heterocycles. The number of hydrogen-bond acceptors (Lipinski definition) is 3. The number of aromatic nitrogens is 2. The molecule has 0 aliphatic heterocycles. The summed E-state index contributed by atoms with van der Waals surface area (Å²) >= 11 is 0. The molecule has 3 aromatic rings. The van der Waals surface area contributed by atoms with Crippen molar-refractivity contribution in [2.45, 2.75) is 19.8 Å². The van der Waals surface area contributed by atoms with Crippen LogP contribution in [0.1, 0.15) is 36.5 Å². The molecule has 0 fully saturated rings. The minimum Gasteiger partial charge on any atom is -0.357 e. The van der Waals surface area contributed by atoms with Gasteiger partial charge in [0.2, 0.25) is 0 Å². The molecular formula is C21H21N3. The quantitative estimate of drug-likeness (QED) is 0.556. The fraction of sp³-hybridized carbons (Fsp3) is 0.238. The highest BCUT2D eigenvalue weighted by Crippen LogP contribution is 2.49. The molecule has 1 aromatic heterocycles. The van der Waals surface area contributed by atoms with Crippen molar-refractivity contribution in [3.63, 3.8) is 0 Å². The van der Waals surface area contributed by atoms with Crippen molar-refractivity contribution in [1.82, 2.24) is 9.97 Å². The predicted molar refractivity (Wildman–Crippen MR) is 98.4 cm³/mol. The van der Waals surface area contributed by atoms with Crippen LogP contribution in [0.2, 0.25) is 0 Å². The Labute approximate surface area is 143 Å². The summed E-state index contributed by atoms with van der Waals surface area (Å²) in [6, 6.07) is 19.3. The first-order valence-corrected chi connectivity index (χ1v) is 8.59. The maximum Gasteiger partial charge on any atom is 0.136 e. The monoisotopic (exact) mass is 315 g/mol. The van der Waals surface area contributed by atoms with Gasteiger partial charge in [0.15, 0.2) is 0 Å². The number of anilines is 1. The lowest BCUT2D eigenvalue weighted by Crippen LogP contribution is -2.25. The third kappa shape index (κ3) is 2.20. The molecule has 0 N–H and O–H groups in total. The van der Waals surface area contributed by atoms with E-state index >= 15 is 0 Å². The molecule has 3 nitrogen and oxygen atoms in total. The summed E-state index contributed by atoms with van der Waals surface area (Å²) in [5.41, 5.74) is 6.18. The van der Waals surface area contributed by atoms with E-state index in [2.05, 4.69) is 83.3 Å². The molecule has 4 rings (SSSR count). The predicted octanol–water partition coefficient (Wildman–Crippen LogP) is 4.48. The Morgan fingerprint density at radius 3 is 2.33 bits per heavy atom. The Morgan fingerprint density at radius 1 is 0.875 bits per heavy atom. The molecule has 1 atom stereocenters. The zero-order chi connectivity index (χ0) is 16.5. The van der Waals surface area contributed by atoms with Crippen molar-refractivity contribution in [1.29, 1.82) is 0 Å². The summed E-state index contributed by atoms with van der Waals surface area (Å²) in [5.74, 6) is 1.27. The highest BCUT2D eigenvalue weighted by molar-refractivity contribution is 5.82. The fourth-order valence-corrected chi connectivity index (χ4v) is 3.75.